The van der Waals surface area contributed by atoms with Crippen LogP contribution in [0.4, 0.5) is 11.4 Å². The van der Waals surface area contributed by atoms with Gasteiger partial charge in [0.05, 0.1) is 5.92 Å². The highest BCUT2D eigenvalue weighted by molar-refractivity contribution is 6.04. The minimum atomic E-state index is -0.365. The molecule has 2 aromatic carbocycles. The monoisotopic (exact) mass is 366 g/mol. The number of fused-ring (bicyclic) bond motifs is 1. The number of nitrogens with zero attached hydrogens (tertiary/aromatic N) is 2. The van der Waals surface area contributed by atoms with Crippen molar-refractivity contribution in [3.63, 3.8) is 0 Å². The van der Waals surface area contributed by atoms with E-state index >= 15 is 0 Å². The number of aryl methyl sites for hydroxylation is 1. The van der Waals surface area contributed by atoms with Crippen LogP contribution in [0.1, 0.15) is 12.0 Å². The summed E-state index contributed by atoms with van der Waals surface area (Å²) in [6.45, 7) is 3.38. The summed E-state index contributed by atoms with van der Waals surface area (Å²) < 4.78 is 11.1. The molecule has 140 valence electrons. The predicted octanol–water partition coefficient (Wildman–Crippen LogP) is 2.78. The third kappa shape index (κ3) is 3.35. The Hall–Kier alpha value is -3.02. The summed E-state index contributed by atoms with van der Waals surface area (Å²) >= 11 is 0. The summed E-state index contributed by atoms with van der Waals surface area (Å²) in [6.07, 6.45) is 0.212. The molecular formula is C21H22N2O4. The Balaban J connectivity index is 1.51. The molecule has 1 atom stereocenters. The molecule has 2 amide bonds. The van der Waals surface area contributed by atoms with E-state index in [-0.39, 0.29) is 24.2 Å². The van der Waals surface area contributed by atoms with E-state index in [9.17, 15) is 9.59 Å². The van der Waals surface area contributed by atoms with Gasteiger partial charge in [-0.1, -0.05) is 12.1 Å². The van der Waals surface area contributed by atoms with Crippen LogP contribution in [-0.2, 0) is 9.59 Å². The van der Waals surface area contributed by atoms with E-state index in [1.807, 2.05) is 49.4 Å². The zero-order valence-electron chi connectivity index (χ0n) is 15.5. The highest BCUT2D eigenvalue weighted by Crippen LogP contribution is 2.36. The van der Waals surface area contributed by atoms with Crippen LogP contribution >= 0.6 is 0 Å². The van der Waals surface area contributed by atoms with Gasteiger partial charge in [-0.25, -0.2) is 0 Å². The molecule has 0 aromatic heterocycles. The van der Waals surface area contributed by atoms with Gasteiger partial charge in [-0.05, 0) is 36.8 Å². The fourth-order valence-electron chi connectivity index (χ4n) is 3.56. The van der Waals surface area contributed by atoms with Gasteiger partial charge in [0.15, 0.2) is 11.5 Å². The Labute approximate surface area is 158 Å². The van der Waals surface area contributed by atoms with Crippen molar-refractivity contribution in [1.82, 2.24) is 0 Å². The molecule has 1 fully saturated rings. The van der Waals surface area contributed by atoms with Gasteiger partial charge in [-0.2, -0.15) is 0 Å². The fourth-order valence-corrected chi connectivity index (χ4v) is 3.56. The number of rotatable bonds is 3. The number of anilines is 2. The predicted molar refractivity (Wildman–Crippen MR) is 102 cm³/mol. The van der Waals surface area contributed by atoms with Crippen LogP contribution in [0.25, 0.3) is 0 Å². The second-order valence-electron chi connectivity index (χ2n) is 6.97. The Morgan fingerprint density at radius 3 is 2.67 bits per heavy atom. The number of carbonyl (C=O) groups excluding carboxylic acids is 2. The highest BCUT2D eigenvalue weighted by atomic mass is 16.6. The van der Waals surface area contributed by atoms with Crippen LogP contribution in [-0.4, -0.2) is 38.6 Å². The standard InChI is InChI=1S/C21H22N2O4/c1-14-4-3-5-16(10-14)22(2)21(25)15-11-20(24)23(13-15)17-6-7-18-19(12-17)27-9-8-26-18/h3-7,10,12,15H,8-9,11,13H2,1-2H3. The maximum atomic E-state index is 12.9. The smallest absolute Gasteiger partial charge is 0.232 e. The number of amides is 2. The average molecular weight is 366 g/mol. The van der Waals surface area contributed by atoms with Gasteiger partial charge in [-0.15, -0.1) is 0 Å². The molecule has 2 aromatic rings. The van der Waals surface area contributed by atoms with E-state index in [0.717, 1.165) is 16.9 Å². The summed E-state index contributed by atoms with van der Waals surface area (Å²) in [6, 6.07) is 13.2. The second kappa shape index (κ2) is 6.95. The van der Waals surface area contributed by atoms with E-state index in [1.54, 1.807) is 16.8 Å². The molecule has 1 unspecified atom stereocenters. The number of carbonyl (C=O) groups is 2. The molecule has 1 saturated heterocycles. The Morgan fingerprint density at radius 2 is 1.89 bits per heavy atom. The van der Waals surface area contributed by atoms with Crippen LogP contribution in [0.5, 0.6) is 11.5 Å². The number of ether oxygens (including phenoxy) is 2. The van der Waals surface area contributed by atoms with E-state index < -0.39 is 0 Å². The maximum Gasteiger partial charge on any atom is 0.232 e. The van der Waals surface area contributed by atoms with Crippen molar-refractivity contribution in [2.75, 3.05) is 36.6 Å². The molecule has 6 heteroatoms. The number of hydrogen-bond acceptors (Lipinski definition) is 4. The van der Waals surface area contributed by atoms with Crippen LogP contribution in [0, 0.1) is 12.8 Å². The van der Waals surface area contributed by atoms with Crippen molar-refractivity contribution < 1.29 is 19.1 Å². The first-order valence-electron chi connectivity index (χ1n) is 9.07. The summed E-state index contributed by atoms with van der Waals surface area (Å²) in [5.74, 6) is 0.856. The van der Waals surface area contributed by atoms with E-state index in [0.29, 0.717) is 31.3 Å². The lowest BCUT2D eigenvalue weighted by Crippen LogP contribution is -2.34. The average Bonchev–Trinajstić information content (AvgIpc) is 3.08. The molecule has 0 spiro atoms. The van der Waals surface area contributed by atoms with Crippen molar-refractivity contribution in [3.05, 3.63) is 48.0 Å². The quantitative estimate of drug-likeness (QED) is 0.838. The fraction of sp³-hybridized carbons (Fsp3) is 0.333. The van der Waals surface area contributed by atoms with Gasteiger partial charge in [0.1, 0.15) is 13.2 Å². The molecule has 0 bridgehead atoms. The highest BCUT2D eigenvalue weighted by Gasteiger charge is 2.37. The van der Waals surface area contributed by atoms with Crippen molar-refractivity contribution in [1.29, 1.82) is 0 Å². The minimum Gasteiger partial charge on any atom is -0.486 e. The van der Waals surface area contributed by atoms with Crippen LogP contribution in [0.3, 0.4) is 0 Å². The third-order valence-corrected chi connectivity index (χ3v) is 5.03. The largest absolute Gasteiger partial charge is 0.486 e. The second-order valence-corrected chi connectivity index (χ2v) is 6.97. The normalized spacial score (nSPS) is 18.5. The van der Waals surface area contributed by atoms with Crippen LogP contribution in [0.2, 0.25) is 0 Å². The van der Waals surface area contributed by atoms with Crippen molar-refractivity contribution in [2.45, 2.75) is 13.3 Å². The topological polar surface area (TPSA) is 59.1 Å². The molecule has 2 aliphatic rings. The molecule has 27 heavy (non-hydrogen) atoms. The zero-order chi connectivity index (χ0) is 19.0. The molecule has 0 aliphatic carbocycles. The summed E-state index contributed by atoms with van der Waals surface area (Å²) in [4.78, 5) is 28.8. The Kier molecular flexibility index (Phi) is 4.48. The van der Waals surface area contributed by atoms with E-state index in [1.165, 1.54) is 0 Å². The molecule has 0 N–H and O–H groups in total. The number of hydrogen-bond donors (Lipinski definition) is 0. The molecule has 0 radical (unpaired) electrons. The molecule has 2 aliphatic heterocycles. The lowest BCUT2D eigenvalue weighted by molar-refractivity contribution is -0.124. The van der Waals surface area contributed by atoms with E-state index in [4.69, 9.17) is 9.47 Å². The van der Waals surface area contributed by atoms with Gasteiger partial charge < -0.3 is 19.3 Å². The van der Waals surface area contributed by atoms with Gasteiger partial charge >= 0.3 is 0 Å². The summed E-state index contributed by atoms with van der Waals surface area (Å²) in [5, 5.41) is 0. The first kappa shape index (κ1) is 17.4. The van der Waals surface area contributed by atoms with Gasteiger partial charge in [0.25, 0.3) is 0 Å². The molecule has 6 nitrogen and oxygen atoms in total. The first-order valence-corrected chi connectivity index (χ1v) is 9.07. The molecular weight excluding hydrogens is 344 g/mol. The Bertz CT molecular complexity index is 896. The summed E-state index contributed by atoms with van der Waals surface area (Å²) in [7, 11) is 1.76. The molecule has 2 heterocycles. The van der Waals surface area contributed by atoms with Crippen LogP contribution < -0.4 is 19.3 Å². The summed E-state index contributed by atoms with van der Waals surface area (Å²) in [5.41, 5.74) is 2.66. The SMILES string of the molecule is Cc1cccc(N(C)C(=O)C2CC(=O)N(c3ccc4c(c3)OCCO4)C2)c1. The molecule has 0 saturated carbocycles. The van der Waals surface area contributed by atoms with Gasteiger partial charge in [0.2, 0.25) is 11.8 Å². The van der Waals surface area contributed by atoms with E-state index in [2.05, 4.69) is 0 Å². The number of benzene rings is 2. The Morgan fingerprint density at radius 1 is 1.11 bits per heavy atom. The van der Waals surface area contributed by atoms with Crippen molar-refractivity contribution in [2.24, 2.45) is 5.92 Å². The van der Waals surface area contributed by atoms with Crippen molar-refractivity contribution in [3.8, 4) is 11.5 Å². The minimum absolute atomic E-state index is 0.0472. The van der Waals surface area contributed by atoms with Crippen LogP contribution in [0.15, 0.2) is 42.5 Å². The van der Waals surface area contributed by atoms with Gasteiger partial charge in [-0.3, -0.25) is 9.59 Å². The van der Waals surface area contributed by atoms with Crippen molar-refractivity contribution >= 4 is 23.2 Å². The molecule has 4 rings (SSSR count). The maximum absolute atomic E-state index is 12.9. The lowest BCUT2D eigenvalue weighted by atomic mass is 10.1. The van der Waals surface area contributed by atoms with Gasteiger partial charge in [0, 0.05) is 37.5 Å². The third-order valence-electron chi connectivity index (χ3n) is 5.03. The zero-order valence-corrected chi connectivity index (χ0v) is 15.5. The lowest BCUT2D eigenvalue weighted by Gasteiger charge is -2.23. The first-order chi connectivity index (χ1) is 13.0.